The molecule has 1 fully saturated rings. The highest BCUT2D eigenvalue weighted by molar-refractivity contribution is 6.04. The molecule has 2 heterocycles. The van der Waals surface area contributed by atoms with E-state index in [1.165, 1.54) is 4.57 Å². The minimum Gasteiger partial charge on any atom is -0.497 e. The van der Waals surface area contributed by atoms with E-state index in [1.807, 2.05) is 78.9 Å². The molecule has 0 saturated carbocycles. The summed E-state index contributed by atoms with van der Waals surface area (Å²) < 4.78 is 19.2. The molecule has 246 valence electrons. The van der Waals surface area contributed by atoms with E-state index in [0.29, 0.717) is 22.6 Å². The lowest BCUT2D eigenvalue weighted by Crippen LogP contribution is -2.58. The molecule has 0 unspecified atom stereocenters. The number of nitrogens with zero attached hydrogens (tertiary/aromatic N) is 2. The van der Waals surface area contributed by atoms with E-state index in [-0.39, 0.29) is 12.2 Å². The fourth-order valence-electron chi connectivity index (χ4n) is 6.78. The molecule has 1 amide bonds. The number of anilines is 1. The van der Waals surface area contributed by atoms with E-state index < -0.39 is 41.6 Å². The van der Waals surface area contributed by atoms with Crippen LogP contribution in [-0.4, -0.2) is 58.7 Å². The second-order valence-electron chi connectivity index (χ2n) is 11.7. The highest BCUT2D eigenvalue weighted by Crippen LogP contribution is 2.57. The van der Waals surface area contributed by atoms with Gasteiger partial charge in [0.1, 0.15) is 23.4 Å². The SMILES string of the molecule is COc1ccc(C(c2ccccc2)(c2ccc(OC)cc2)[C@]2(n3cc(C)c(NC(=O)c4ccccc4)nc3=O)C[C@H](O)[C@@H](CO)O2)cc1. The van der Waals surface area contributed by atoms with Crippen molar-refractivity contribution in [2.45, 2.75) is 36.7 Å². The summed E-state index contributed by atoms with van der Waals surface area (Å²) in [6, 6.07) is 33.1. The Balaban J connectivity index is 1.67. The highest BCUT2D eigenvalue weighted by atomic mass is 16.6. The van der Waals surface area contributed by atoms with Crippen molar-refractivity contribution in [1.82, 2.24) is 9.55 Å². The van der Waals surface area contributed by atoms with Gasteiger partial charge in [-0.3, -0.25) is 9.36 Å². The number of carbonyl (C=O) groups is 1. The number of hydrogen-bond donors (Lipinski definition) is 3. The van der Waals surface area contributed by atoms with Crippen LogP contribution >= 0.6 is 0 Å². The van der Waals surface area contributed by atoms with Crippen molar-refractivity contribution in [3.63, 3.8) is 0 Å². The Kier molecular flexibility index (Phi) is 9.14. The fraction of sp³-hybridized carbons (Fsp3) is 0.237. The average molecular weight is 648 g/mol. The summed E-state index contributed by atoms with van der Waals surface area (Å²) >= 11 is 0. The van der Waals surface area contributed by atoms with Crippen LogP contribution in [0.3, 0.4) is 0 Å². The second kappa shape index (κ2) is 13.4. The monoisotopic (exact) mass is 647 g/mol. The number of carbonyl (C=O) groups excluding carboxylic acids is 1. The van der Waals surface area contributed by atoms with Crippen LogP contribution in [-0.2, 0) is 15.9 Å². The van der Waals surface area contributed by atoms with Crippen molar-refractivity contribution in [2.24, 2.45) is 0 Å². The quantitative estimate of drug-likeness (QED) is 0.187. The Labute approximate surface area is 278 Å². The third-order valence-corrected chi connectivity index (χ3v) is 9.05. The van der Waals surface area contributed by atoms with Crippen molar-refractivity contribution in [2.75, 3.05) is 26.1 Å². The van der Waals surface area contributed by atoms with Gasteiger partial charge in [0.15, 0.2) is 5.72 Å². The van der Waals surface area contributed by atoms with Gasteiger partial charge >= 0.3 is 5.69 Å². The molecule has 3 N–H and O–H groups in total. The van der Waals surface area contributed by atoms with Crippen LogP contribution in [0.1, 0.15) is 39.0 Å². The minimum atomic E-state index is -1.69. The van der Waals surface area contributed by atoms with Crippen LogP contribution in [0.2, 0.25) is 0 Å². The Morgan fingerprint density at radius 3 is 1.92 bits per heavy atom. The third-order valence-electron chi connectivity index (χ3n) is 9.05. The van der Waals surface area contributed by atoms with Gasteiger partial charge in [0, 0.05) is 23.7 Å². The van der Waals surface area contributed by atoms with Crippen LogP contribution in [0.15, 0.2) is 120 Å². The molecule has 10 heteroatoms. The number of nitrogens with one attached hydrogen (secondary N) is 1. The summed E-state index contributed by atoms with van der Waals surface area (Å²) in [5.41, 5.74) is -0.669. The molecule has 1 aliphatic heterocycles. The molecular weight excluding hydrogens is 610 g/mol. The molecule has 6 rings (SSSR count). The minimum absolute atomic E-state index is 0.0942. The number of aliphatic hydroxyl groups is 2. The molecule has 4 aromatic carbocycles. The van der Waals surface area contributed by atoms with Crippen molar-refractivity contribution in [3.05, 3.63) is 154 Å². The molecule has 0 aliphatic carbocycles. The molecule has 5 aromatic rings. The molecular formula is C38H37N3O7. The molecule has 3 atom stereocenters. The van der Waals surface area contributed by atoms with E-state index in [9.17, 15) is 19.8 Å². The van der Waals surface area contributed by atoms with Gasteiger partial charge in [-0.25, -0.2) is 4.79 Å². The first-order valence-corrected chi connectivity index (χ1v) is 15.6. The zero-order valence-electron chi connectivity index (χ0n) is 26.9. The number of benzene rings is 4. The maximum absolute atomic E-state index is 14.4. The molecule has 0 bridgehead atoms. The van der Waals surface area contributed by atoms with Crippen molar-refractivity contribution >= 4 is 11.7 Å². The molecule has 1 saturated heterocycles. The first-order chi connectivity index (χ1) is 23.3. The van der Waals surface area contributed by atoms with E-state index in [0.717, 1.165) is 16.7 Å². The van der Waals surface area contributed by atoms with E-state index >= 15 is 0 Å². The van der Waals surface area contributed by atoms with Gasteiger partial charge in [0.05, 0.1) is 32.3 Å². The van der Waals surface area contributed by atoms with Crippen molar-refractivity contribution in [1.29, 1.82) is 0 Å². The first kappa shape index (κ1) is 32.6. The van der Waals surface area contributed by atoms with Gasteiger partial charge in [-0.2, -0.15) is 4.98 Å². The summed E-state index contributed by atoms with van der Waals surface area (Å²) in [5, 5.41) is 24.7. The van der Waals surface area contributed by atoms with Gasteiger partial charge < -0.3 is 29.7 Å². The smallest absolute Gasteiger partial charge is 0.351 e. The molecule has 0 spiro atoms. The largest absolute Gasteiger partial charge is 0.497 e. The summed E-state index contributed by atoms with van der Waals surface area (Å²) in [6.07, 6.45) is -0.691. The van der Waals surface area contributed by atoms with Crippen molar-refractivity contribution in [3.8, 4) is 11.5 Å². The first-order valence-electron chi connectivity index (χ1n) is 15.6. The normalized spacial score (nSPS) is 19.1. The number of hydrogen-bond acceptors (Lipinski definition) is 8. The summed E-state index contributed by atoms with van der Waals surface area (Å²) in [6.45, 7) is 1.24. The highest BCUT2D eigenvalue weighted by Gasteiger charge is 2.63. The third kappa shape index (κ3) is 5.53. The molecule has 10 nitrogen and oxygen atoms in total. The maximum atomic E-state index is 14.4. The number of aliphatic hydroxyl groups excluding tert-OH is 2. The Hall–Kier alpha value is -5.29. The zero-order chi connectivity index (χ0) is 33.9. The number of aromatic nitrogens is 2. The van der Waals surface area contributed by atoms with Crippen LogP contribution in [0.5, 0.6) is 11.5 Å². The van der Waals surface area contributed by atoms with Gasteiger partial charge in [0.25, 0.3) is 5.91 Å². The Bertz CT molecular complexity index is 1880. The second-order valence-corrected chi connectivity index (χ2v) is 11.7. The fourth-order valence-corrected chi connectivity index (χ4v) is 6.78. The summed E-state index contributed by atoms with van der Waals surface area (Å²) in [7, 11) is 3.16. The number of rotatable bonds is 10. The predicted molar refractivity (Wildman–Crippen MR) is 180 cm³/mol. The predicted octanol–water partition coefficient (Wildman–Crippen LogP) is 4.65. The van der Waals surface area contributed by atoms with Gasteiger partial charge in [-0.15, -0.1) is 0 Å². The lowest BCUT2D eigenvalue weighted by Gasteiger charge is -2.50. The van der Waals surface area contributed by atoms with E-state index in [4.69, 9.17) is 14.2 Å². The molecule has 1 aliphatic rings. The van der Waals surface area contributed by atoms with Crippen LogP contribution in [0.25, 0.3) is 0 Å². The maximum Gasteiger partial charge on any atom is 0.351 e. The van der Waals surface area contributed by atoms with E-state index in [2.05, 4.69) is 10.3 Å². The molecule has 1 aromatic heterocycles. The topological polar surface area (TPSA) is 132 Å². The lowest BCUT2D eigenvalue weighted by molar-refractivity contribution is -0.147. The standard InChI is InChI=1S/C38H37N3O7/c1-25-23-41(36(45)40-34(25)39-35(44)26-10-6-4-7-11-26)37(22-32(43)33(24-42)48-37)38(27-12-8-5-9-13-27,28-14-18-30(46-2)19-15-28)29-16-20-31(47-3)21-17-29/h4-21,23,32-33,42-43H,22,24H2,1-3H3,(H,39,40,44,45)/t32-,33+,37-/m0/s1. The number of methoxy groups -OCH3 is 2. The molecule has 0 radical (unpaired) electrons. The summed E-state index contributed by atoms with van der Waals surface area (Å²) in [4.78, 5) is 31.8. The number of aryl methyl sites for hydroxylation is 1. The number of ether oxygens (including phenoxy) is 3. The Morgan fingerprint density at radius 2 is 1.42 bits per heavy atom. The van der Waals surface area contributed by atoms with E-state index in [1.54, 1.807) is 57.7 Å². The lowest BCUT2D eigenvalue weighted by atomic mass is 9.61. The molecule has 48 heavy (non-hydrogen) atoms. The van der Waals surface area contributed by atoms with Crippen LogP contribution in [0, 0.1) is 6.92 Å². The summed E-state index contributed by atoms with van der Waals surface area (Å²) in [5.74, 6) is 0.925. The van der Waals surface area contributed by atoms with Crippen molar-refractivity contribution < 1.29 is 29.2 Å². The number of amides is 1. The van der Waals surface area contributed by atoms with Gasteiger partial charge in [-0.05, 0) is 60.0 Å². The van der Waals surface area contributed by atoms with Crippen LogP contribution in [0.4, 0.5) is 5.82 Å². The van der Waals surface area contributed by atoms with Gasteiger partial charge in [-0.1, -0.05) is 72.8 Å². The average Bonchev–Trinajstić information content (AvgIpc) is 3.48. The zero-order valence-corrected chi connectivity index (χ0v) is 26.9. The Morgan fingerprint density at radius 1 is 0.896 bits per heavy atom. The van der Waals surface area contributed by atoms with Crippen LogP contribution < -0.4 is 20.5 Å². The van der Waals surface area contributed by atoms with Gasteiger partial charge in [0.2, 0.25) is 0 Å².